The SMILES string of the molecule is Cc1cc(CNCC(C)C)sc1Br. The second-order valence-corrected chi connectivity index (χ2v) is 6.15. The highest BCUT2D eigenvalue weighted by Gasteiger charge is 2.02. The van der Waals surface area contributed by atoms with Crippen LogP contribution in [0.25, 0.3) is 0 Å². The van der Waals surface area contributed by atoms with Crippen molar-refractivity contribution in [3.63, 3.8) is 0 Å². The minimum absolute atomic E-state index is 0.726. The molecule has 0 aliphatic rings. The average molecular weight is 262 g/mol. The Kier molecular flexibility index (Phi) is 4.42. The molecule has 0 bridgehead atoms. The summed E-state index contributed by atoms with van der Waals surface area (Å²) in [5.74, 6) is 0.726. The largest absolute Gasteiger partial charge is 0.312 e. The fraction of sp³-hybridized carbons (Fsp3) is 0.600. The Hall–Kier alpha value is 0.140. The smallest absolute Gasteiger partial charge is 0.0730 e. The molecule has 0 spiro atoms. The summed E-state index contributed by atoms with van der Waals surface area (Å²) in [6.07, 6.45) is 0. The Morgan fingerprint density at radius 3 is 2.69 bits per heavy atom. The topological polar surface area (TPSA) is 12.0 Å². The molecule has 0 amide bonds. The summed E-state index contributed by atoms with van der Waals surface area (Å²) < 4.78 is 1.26. The van der Waals surface area contributed by atoms with E-state index in [0.717, 1.165) is 19.0 Å². The minimum Gasteiger partial charge on any atom is -0.312 e. The molecule has 0 unspecified atom stereocenters. The van der Waals surface area contributed by atoms with E-state index in [4.69, 9.17) is 0 Å². The molecule has 0 aliphatic carbocycles. The van der Waals surface area contributed by atoms with Gasteiger partial charge in [-0.3, -0.25) is 0 Å². The van der Waals surface area contributed by atoms with Gasteiger partial charge in [-0.1, -0.05) is 13.8 Å². The van der Waals surface area contributed by atoms with Crippen molar-refractivity contribution in [2.24, 2.45) is 5.92 Å². The molecule has 0 aromatic carbocycles. The van der Waals surface area contributed by atoms with E-state index < -0.39 is 0 Å². The Morgan fingerprint density at radius 1 is 1.54 bits per heavy atom. The monoisotopic (exact) mass is 261 g/mol. The van der Waals surface area contributed by atoms with Gasteiger partial charge in [0.05, 0.1) is 3.79 Å². The van der Waals surface area contributed by atoms with Crippen LogP contribution in [0.15, 0.2) is 9.85 Å². The van der Waals surface area contributed by atoms with Crippen molar-refractivity contribution in [3.8, 4) is 0 Å². The van der Waals surface area contributed by atoms with Crippen LogP contribution in [0.1, 0.15) is 24.3 Å². The zero-order valence-corrected chi connectivity index (χ0v) is 10.8. The van der Waals surface area contributed by atoms with Gasteiger partial charge >= 0.3 is 0 Å². The van der Waals surface area contributed by atoms with Crippen LogP contribution in [-0.2, 0) is 6.54 Å². The number of hydrogen-bond donors (Lipinski definition) is 1. The lowest BCUT2D eigenvalue weighted by Gasteiger charge is -2.04. The molecule has 0 radical (unpaired) electrons. The third kappa shape index (κ3) is 3.79. The van der Waals surface area contributed by atoms with E-state index >= 15 is 0 Å². The van der Waals surface area contributed by atoms with Crippen LogP contribution in [-0.4, -0.2) is 6.54 Å². The van der Waals surface area contributed by atoms with Crippen molar-refractivity contribution in [3.05, 3.63) is 20.3 Å². The molecule has 3 heteroatoms. The summed E-state index contributed by atoms with van der Waals surface area (Å²) >= 11 is 5.35. The van der Waals surface area contributed by atoms with Crippen LogP contribution in [0.4, 0.5) is 0 Å². The first-order chi connectivity index (χ1) is 6.09. The van der Waals surface area contributed by atoms with E-state index in [-0.39, 0.29) is 0 Å². The van der Waals surface area contributed by atoms with Crippen molar-refractivity contribution >= 4 is 27.3 Å². The normalized spacial score (nSPS) is 11.2. The molecule has 1 N–H and O–H groups in total. The number of thiophene rings is 1. The summed E-state index contributed by atoms with van der Waals surface area (Å²) in [7, 11) is 0. The van der Waals surface area contributed by atoms with Crippen LogP contribution in [0.5, 0.6) is 0 Å². The highest BCUT2D eigenvalue weighted by molar-refractivity contribution is 9.11. The van der Waals surface area contributed by atoms with Crippen molar-refractivity contribution in [1.29, 1.82) is 0 Å². The average Bonchev–Trinajstić information content (AvgIpc) is 2.30. The van der Waals surface area contributed by atoms with Gasteiger partial charge in [-0.05, 0) is 46.9 Å². The Labute approximate surface area is 92.7 Å². The highest BCUT2D eigenvalue weighted by Crippen LogP contribution is 2.26. The van der Waals surface area contributed by atoms with Crippen LogP contribution in [0.3, 0.4) is 0 Å². The van der Waals surface area contributed by atoms with Gasteiger partial charge in [-0.15, -0.1) is 11.3 Å². The first-order valence-electron chi connectivity index (χ1n) is 4.55. The first-order valence-corrected chi connectivity index (χ1v) is 6.16. The molecule has 1 heterocycles. The predicted octanol–water partition coefficient (Wildman–Crippen LogP) is 3.56. The van der Waals surface area contributed by atoms with Crippen molar-refractivity contribution < 1.29 is 0 Å². The van der Waals surface area contributed by atoms with Gasteiger partial charge in [0.1, 0.15) is 0 Å². The zero-order valence-electron chi connectivity index (χ0n) is 8.36. The summed E-state index contributed by atoms with van der Waals surface area (Å²) in [6.45, 7) is 8.67. The minimum atomic E-state index is 0.726. The maximum Gasteiger partial charge on any atom is 0.0730 e. The maximum absolute atomic E-state index is 3.53. The van der Waals surface area contributed by atoms with Gasteiger partial charge < -0.3 is 5.32 Å². The molecule has 0 atom stereocenters. The Morgan fingerprint density at radius 2 is 2.23 bits per heavy atom. The molecule has 0 fully saturated rings. The van der Waals surface area contributed by atoms with E-state index in [9.17, 15) is 0 Å². The fourth-order valence-corrected chi connectivity index (χ4v) is 2.69. The summed E-state index contributed by atoms with van der Waals surface area (Å²) in [5, 5.41) is 3.43. The van der Waals surface area contributed by atoms with Crippen LogP contribution < -0.4 is 5.32 Å². The predicted molar refractivity (Wildman–Crippen MR) is 63.3 cm³/mol. The molecule has 13 heavy (non-hydrogen) atoms. The van der Waals surface area contributed by atoms with Gasteiger partial charge in [0.2, 0.25) is 0 Å². The van der Waals surface area contributed by atoms with Crippen molar-refractivity contribution in [1.82, 2.24) is 5.32 Å². The third-order valence-corrected chi connectivity index (χ3v) is 3.90. The van der Waals surface area contributed by atoms with Crippen LogP contribution in [0.2, 0.25) is 0 Å². The van der Waals surface area contributed by atoms with Gasteiger partial charge in [0.25, 0.3) is 0 Å². The molecular weight excluding hydrogens is 246 g/mol. The highest BCUT2D eigenvalue weighted by atomic mass is 79.9. The fourth-order valence-electron chi connectivity index (χ4n) is 1.09. The molecule has 0 saturated carbocycles. The lowest BCUT2D eigenvalue weighted by Crippen LogP contribution is -2.18. The first kappa shape index (κ1) is 11.2. The van der Waals surface area contributed by atoms with Crippen LogP contribution >= 0.6 is 27.3 Å². The van der Waals surface area contributed by atoms with E-state index in [1.54, 1.807) is 0 Å². The molecule has 74 valence electrons. The number of aryl methyl sites for hydroxylation is 1. The molecule has 1 aromatic rings. The summed E-state index contributed by atoms with van der Waals surface area (Å²) in [4.78, 5) is 1.41. The Balaban J connectivity index is 2.37. The summed E-state index contributed by atoms with van der Waals surface area (Å²) in [6, 6.07) is 2.24. The number of halogens is 1. The maximum atomic E-state index is 3.53. The molecular formula is C10H16BrNS. The van der Waals surface area contributed by atoms with Crippen molar-refractivity contribution in [2.45, 2.75) is 27.3 Å². The van der Waals surface area contributed by atoms with E-state index in [1.807, 2.05) is 11.3 Å². The van der Waals surface area contributed by atoms with E-state index in [1.165, 1.54) is 14.2 Å². The van der Waals surface area contributed by atoms with Gasteiger partial charge in [0.15, 0.2) is 0 Å². The van der Waals surface area contributed by atoms with Gasteiger partial charge in [0, 0.05) is 11.4 Å². The second-order valence-electron chi connectivity index (χ2n) is 3.69. The van der Waals surface area contributed by atoms with Gasteiger partial charge in [-0.25, -0.2) is 0 Å². The third-order valence-electron chi connectivity index (χ3n) is 1.76. The second kappa shape index (κ2) is 5.13. The van der Waals surface area contributed by atoms with E-state index in [2.05, 4.69) is 48.1 Å². The molecule has 1 rings (SSSR count). The molecule has 1 aromatic heterocycles. The zero-order chi connectivity index (χ0) is 9.84. The number of rotatable bonds is 4. The molecule has 0 saturated heterocycles. The van der Waals surface area contributed by atoms with Crippen LogP contribution in [0, 0.1) is 12.8 Å². The lowest BCUT2D eigenvalue weighted by atomic mass is 10.2. The lowest BCUT2D eigenvalue weighted by molar-refractivity contribution is 0.555. The molecule has 0 aliphatic heterocycles. The quantitative estimate of drug-likeness (QED) is 0.874. The number of hydrogen-bond acceptors (Lipinski definition) is 2. The summed E-state index contributed by atoms with van der Waals surface area (Å²) in [5.41, 5.74) is 1.34. The Bertz CT molecular complexity index is 248. The van der Waals surface area contributed by atoms with Crippen molar-refractivity contribution in [2.75, 3.05) is 6.54 Å². The molecule has 1 nitrogen and oxygen atoms in total. The van der Waals surface area contributed by atoms with E-state index in [0.29, 0.717) is 0 Å². The number of nitrogens with one attached hydrogen (secondary N) is 1. The van der Waals surface area contributed by atoms with Gasteiger partial charge in [-0.2, -0.15) is 0 Å². The standard InChI is InChI=1S/C10H16BrNS/c1-7(2)5-12-6-9-4-8(3)10(11)13-9/h4,7,12H,5-6H2,1-3H3.